The summed E-state index contributed by atoms with van der Waals surface area (Å²) in [6.07, 6.45) is 4.11. The second kappa shape index (κ2) is 7.64. The molecule has 0 bridgehead atoms. The molecular weight excluding hydrogens is 135 g/mol. The molecule has 0 aliphatic heterocycles. The van der Waals surface area contributed by atoms with E-state index >= 15 is 0 Å². The van der Waals surface area contributed by atoms with Gasteiger partial charge in [-0.3, -0.25) is 0 Å². The molecule has 0 amide bonds. The van der Waals surface area contributed by atoms with Gasteiger partial charge in [0.05, 0.1) is 0 Å². The zero-order chi connectivity index (χ0) is 7.28. The average Bonchev–Trinajstić information content (AvgIpc) is 1.82. The van der Waals surface area contributed by atoms with Gasteiger partial charge in [-0.25, -0.2) is 0 Å². The Kier molecular flexibility index (Phi) is 10.0. The van der Waals surface area contributed by atoms with Crippen LogP contribution in [-0.4, -0.2) is 17.4 Å². The number of hydrogen-bond acceptors (Lipinski definition) is 0. The molecule has 62 valence electrons. The maximum atomic E-state index is 2.32. The SMILES string of the molecule is CCCC(CC)C(C)C.[AlH3]. The van der Waals surface area contributed by atoms with Crippen LogP contribution in [0.2, 0.25) is 0 Å². The van der Waals surface area contributed by atoms with E-state index in [0.717, 1.165) is 11.8 Å². The van der Waals surface area contributed by atoms with Gasteiger partial charge in [-0.05, 0) is 11.8 Å². The molecule has 0 radical (unpaired) electrons. The largest absolute Gasteiger partial charge is 0.187 e. The van der Waals surface area contributed by atoms with Gasteiger partial charge in [-0.15, -0.1) is 0 Å². The highest BCUT2D eigenvalue weighted by molar-refractivity contribution is 5.75. The van der Waals surface area contributed by atoms with Crippen LogP contribution in [0.25, 0.3) is 0 Å². The molecule has 1 heteroatoms. The summed E-state index contributed by atoms with van der Waals surface area (Å²) in [5.74, 6) is 1.85. The van der Waals surface area contributed by atoms with E-state index in [0.29, 0.717) is 0 Å². The van der Waals surface area contributed by atoms with Crippen LogP contribution < -0.4 is 0 Å². The van der Waals surface area contributed by atoms with Gasteiger partial charge in [0.1, 0.15) is 0 Å². The molecule has 0 aliphatic rings. The summed E-state index contributed by atoms with van der Waals surface area (Å²) in [7, 11) is 0. The fraction of sp³-hybridized carbons (Fsp3) is 1.00. The first-order valence-electron chi connectivity index (χ1n) is 4.22. The first-order valence-corrected chi connectivity index (χ1v) is 4.22. The summed E-state index contributed by atoms with van der Waals surface area (Å²) >= 11 is 0. The third-order valence-electron chi connectivity index (χ3n) is 2.13. The zero-order valence-electron chi connectivity index (χ0n) is 7.28. The lowest BCUT2D eigenvalue weighted by molar-refractivity contribution is 0.346. The molecule has 0 aromatic carbocycles. The Bertz CT molecular complexity index is 59.7. The van der Waals surface area contributed by atoms with Crippen molar-refractivity contribution in [2.24, 2.45) is 11.8 Å². The van der Waals surface area contributed by atoms with Crippen molar-refractivity contribution in [3.05, 3.63) is 0 Å². The minimum absolute atomic E-state index is 0. The summed E-state index contributed by atoms with van der Waals surface area (Å²) in [6, 6.07) is 0. The molecule has 1 unspecified atom stereocenters. The van der Waals surface area contributed by atoms with Crippen LogP contribution in [-0.2, 0) is 0 Å². The third-order valence-corrected chi connectivity index (χ3v) is 2.13. The zero-order valence-corrected chi connectivity index (χ0v) is 7.28. The highest BCUT2D eigenvalue weighted by Gasteiger charge is 2.08. The van der Waals surface area contributed by atoms with Crippen molar-refractivity contribution < 1.29 is 0 Å². The first kappa shape index (κ1) is 13.1. The van der Waals surface area contributed by atoms with Crippen molar-refractivity contribution in [3.8, 4) is 0 Å². The molecule has 0 saturated heterocycles. The summed E-state index contributed by atoms with van der Waals surface area (Å²) in [5.41, 5.74) is 0. The van der Waals surface area contributed by atoms with E-state index in [9.17, 15) is 0 Å². The Hall–Kier alpha value is 0.532. The lowest BCUT2D eigenvalue weighted by Gasteiger charge is -2.17. The lowest BCUT2D eigenvalue weighted by Crippen LogP contribution is -2.06. The molecular formula is C9H23Al. The van der Waals surface area contributed by atoms with Crippen molar-refractivity contribution in [3.63, 3.8) is 0 Å². The predicted octanol–water partition coefficient (Wildman–Crippen LogP) is 2.28. The summed E-state index contributed by atoms with van der Waals surface area (Å²) in [6.45, 7) is 9.21. The Labute approximate surface area is 76.5 Å². The molecule has 0 rings (SSSR count). The van der Waals surface area contributed by atoms with Crippen molar-refractivity contribution >= 4 is 17.4 Å². The maximum absolute atomic E-state index is 2.32. The summed E-state index contributed by atoms with van der Waals surface area (Å²) < 4.78 is 0. The van der Waals surface area contributed by atoms with E-state index in [1.807, 2.05) is 0 Å². The van der Waals surface area contributed by atoms with Gasteiger partial charge in [0.15, 0.2) is 17.4 Å². The Morgan fingerprint density at radius 2 is 1.60 bits per heavy atom. The fourth-order valence-corrected chi connectivity index (χ4v) is 1.38. The van der Waals surface area contributed by atoms with Gasteiger partial charge in [-0.2, -0.15) is 0 Å². The van der Waals surface area contributed by atoms with Crippen LogP contribution in [0.15, 0.2) is 0 Å². The predicted molar refractivity (Wildman–Crippen MR) is 53.5 cm³/mol. The minimum atomic E-state index is 0. The van der Waals surface area contributed by atoms with E-state index in [1.54, 1.807) is 0 Å². The van der Waals surface area contributed by atoms with Crippen LogP contribution in [0, 0.1) is 11.8 Å². The van der Waals surface area contributed by atoms with Gasteiger partial charge in [0.25, 0.3) is 0 Å². The summed E-state index contributed by atoms with van der Waals surface area (Å²) in [4.78, 5) is 0. The van der Waals surface area contributed by atoms with E-state index in [4.69, 9.17) is 0 Å². The Morgan fingerprint density at radius 1 is 1.10 bits per heavy atom. The second-order valence-electron chi connectivity index (χ2n) is 3.20. The van der Waals surface area contributed by atoms with Crippen molar-refractivity contribution in [1.82, 2.24) is 0 Å². The van der Waals surface area contributed by atoms with Gasteiger partial charge in [0, 0.05) is 0 Å². The molecule has 0 aromatic rings. The monoisotopic (exact) mass is 158 g/mol. The molecule has 10 heavy (non-hydrogen) atoms. The average molecular weight is 158 g/mol. The lowest BCUT2D eigenvalue weighted by atomic mass is 9.89. The normalized spacial score (nSPS) is 12.9. The third kappa shape index (κ3) is 5.33. The molecule has 1 atom stereocenters. The quantitative estimate of drug-likeness (QED) is 0.551. The molecule has 0 saturated carbocycles. The molecule has 0 fully saturated rings. The Morgan fingerprint density at radius 3 is 1.70 bits per heavy atom. The second-order valence-corrected chi connectivity index (χ2v) is 3.20. The number of rotatable bonds is 4. The first-order chi connectivity index (χ1) is 4.22. The van der Waals surface area contributed by atoms with Crippen LogP contribution in [0.5, 0.6) is 0 Å². The fourth-order valence-electron chi connectivity index (χ4n) is 1.38. The molecule has 0 N–H and O–H groups in total. The maximum Gasteiger partial charge on any atom is 0.187 e. The molecule has 0 heterocycles. The molecule has 0 aromatic heterocycles. The number of hydrogen-bond donors (Lipinski definition) is 0. The van der Waals surface area contributed by atoms with Gasteiger partial charge in [0.2, 0.25) is 0 Å². The Balaban J connectivity index is 0. The van der Waals surface area contributed by atoms with Gasteiger partial charge in [-0.1, -0.05) is 47.0 Å². The van der Waals surface area contributed by atoms with Crippen LogP contribution in [0.4, 0.5) is 0 Å². The standard InChI is InChI=1S/C9H20.Al.3H/c1-5-7-9(6-2)8(3)4;;;;/h8-9H,5-7H2,1-4H3;;;;. The molecule has 0 nitrogen and oxygen atoms in total. The minimum Gasteiger partial charge on any atom is -0.0654 e. The van der Waals surface area contributed by atoms with E-state index < -0.39 is 0 Å². The van der Waals surface area contributed by atoms with E-state index in [2.05, 4.69) is 27.7 Å². The van der Waals surface area contributed by atoms with E-state index in [1.165, 1.54) is 19.3 Å². The van der Waals surface area contributed by atoms with Crippen LogP contribution in [0.1, 0.15) is 47.0 Å². The van der Waals surface area contributed by atoms with Crippen molar-refractivity contribution in [1.29, 1.82) is 0 Å². The van der Waals surface area contributed by atoms with E-state index in [-0.39, 0.29) is 17.4 Å². The highest BCUT2D eigenvalue weighted by Crippen LogP contribution is 2.19. The van der Waals surface area contributed by atoms with Gasteiger partial charge < -0.3 is 0 Å². The van der Waals surface area contributed by atoms with Crippen molar-refractivity contribution in [2.45, 2.75) is 47.0 Å². The summed E-state index contributed by atoms with van der Waals surface area (Å²) in [5, 5.41) is 0. The molecule has 0 aliphatic carbocycles. The van der Waals surface area contributed by atoms with Crippen LogP contribution >= 0.6 is 0 Å². The topological polar surface area (TPSA) is 0 Å². The smallest absolute Gasteiger partial charge is 0.0654 e. The van der Waals surface area contributed by atoms with Gasteiger partial charge >= 0.3 is 0 Å². The van der Waals surface area contributed by atoms with Crippen molar-refractivity contribution in [2.75, 3.05) is 0 Å². The molecule has 0 spiro atoms. The van der Waals surface area contributed by atoms with Crippen LogP contribution in [0.3, 0.4) is 0 Å². The highest BCUT2D eigenvalue weighted by atomic mass is 27.0.